The number of phenols is 2. The molecule has 0 aliphatic carbocycles. The number of unbranched alkanes of at least 4 members (excludes halogenated alkanes) is 1. The van der Waals surface area contributed by atoms with Crippen molar-refractivity contribution in [2.75, 3.05) is 40.6 Å². The van der Waals surface area contributed by atoms with E-state index in [1.807, 2.05) is 0 Å². The lowest BCUT2D eigenvalue weighted by atomic mass is 9.99. The fraction of sp³-hybridized carbons (Fsp3) is 0.462. The summed E-state index contributed by atoms with van der Waals surface area (Å²) < 4.78 is 32.4. The average Bonchev–Trinajstić information content (AvgIpc) is 2.87. The molecule has 0 aliphatic rings. The highest BCUT2D eigenvalue weighted by Gasteiger charge is 2.27. The van der Waals surface area contributed by atoms with Gasteiger partial charge in [-0.1, -0.05) is 11.6 Å². The van der Waals surface area contributed by atoms with Gasteiger partial charge in [-0.25, -0.2) is 4.79 Å². The molecule has 0 saturated carbocycles. The van der Waals surface area contributed by atoms with Gasteiger partial charge >= 0.3 is 11.9 Å². The van der Waals surface area contributed by atoms with Crippen LogP contribution < -0.4 is 19.9 Å². The minimum atomic E-state index is -0.963. The van der Waals surface area contributed by atoms with Crippen LogP contribution in [0.3, 0.4) is 0 Å². The van der Waals surface area contributed by atoms with Gasteiger partial charge in [0.1, 0.15) is 23.2 Å². The summed E-state index contributed by atoms with van der Waals surface area (Å²) >= 11 is 6.24. The molecule has 0 radical (unpaired) electrons. The number of benzene rings is 2. The van der Waals surface area contributed by atoms with Crippen molar-refractivity contribution in [1.82, 2.24) is 0 Å². The zero-order valence-corrected chi connectivity index (χ0v) is 23.0. The standard InChI is InChI=1S/C26H34ClNO11/c1-14(9-16-24(38-13-35-3)17(28)10-20(25(16)36-4)37-12-34-2)39-26(33)22-15(7-5-6-8-21(31)32)23(27)19(30)11-18(22)29/h10-11,14,29-30H,5-9,12-13,28H2,1-4H3,(H,31,32). The second-order valence-electron chi connectivity index (χ2n) is 8.51. The summed E-state index contributed by atoms with van der Waals surface area (Å²) in [5, 5.41) is 29.3. The molecular weight excluding hydrogens is 538 g/mol. The van der Waals surface area contributed by atoms with Crippen molar-refractivity contribution < 1.29 is 53.3 Å². The maximum atomic E-state index is 13.2. The van der Waals surface area contributed by atoms with E-state index in [2.05, 4.69) is 0 Å². The summed E-state index contributed by atoms with van der Waals surface area (Å²) in [4.78, 5) is 24.0. The number of esters is 1. The summed E-state index contributed by atoms with van der Waals surface area (Å²) in [7, 11) is 4.33. The van der Waals surface area contributed by atoms with Crippen molar-refractivity contribution in [3.63, 3.8) is 0 Å². The zero-order valence-electron chi connectivity index (χ0n) is 22.2. The van der Waals surface area contributed by atoms with Gasteiger partial charge in [0.2, 0.25) is 0 Å². The normalized spacial score (nSPS) is 11.6. The molecule has 0 bridgehead atoms. The Balaban J connectivity index is 2.37. The van der Waals surface area contributed by atoms with Gasteiger partial charge in [-0.15, -0.1) is 0 Å². The molecule has 0 saturated heterocycles. The number of anilines is 1. The molecule has 0 fully saturated rings. The number of hydrogen-bond acceptors (Lipinski definition) is 11. The van der Waals surface area contributed by atoms with Crippen molar-refractivity contribution in [3.05, 3.63) is 33.8 Å². The summed E-state index contributed by atoms with van der Waals surface area (Å²) in [5.74, 6) is -1.99. The summed E-state index contributed by atoms with van der Waals surface area (Å²) in [6.45, 7) is 1.42. The molecule has 216 valence electrons. The number of carbonyl (C=O) groups excluding carboxylic acids is 1. The quantitative estimate of drug-likeness (QED) is 0.0990. The van der Waals surface area contributed by atoms with Crippen LogP contribution in [0.1, 0.15) is 47.7 Å². The van der Waals surface area contributed by atoms with Crippen LogP contribution in [0.2, 0.25) is 5.02 Å². The molecule has 2 aromatic rings. The Morgan fingerprint density at radius 3 is 2.26 bits per heavy atom. The SMILES string of the molecule is COCOc1cc(N)c(OCOC)c(CC(C)OC(=O)c2c(O)cc(O)c(Cl)c2CCCCC(=O)O)c1OC. The van der Waals surface area contributed by atoms with E-state index in [1.165, 1.54) is 27.4 Å². The van der Waals surface area contributed by atoms with E-state index < -0.39 is 29.5 Å². The molecule has 2 aromatic carbocycles. The van der Waals surface area contributed by atoms with Gasteiger partial charge in [0.15, 0.2) is 30.8 Å². The second-order valence-corrected chi connectivity index (χ2v) is 8.89. The van der Waals surface area contributed by atoms with Gasteiger partial charge in [0.25, 0.3) is 0 Å². The first-order valence-corrected chi connectivity index (χ1v) is 12.3. The Morgan fingerprint density at radius 1 is 0.974 bits per heavy atom. The summed E-state index contributed by atoms with van der Waals surface area (Å²) in [5.41, 5.74) is 6.78. The van der Waals surface area contributed by atoms with Crippen molar-refractivity contribution in [3.8, 4) is 28.7 Å². The van der Waals surface area contributed by atoms with Crippen molar-refractivity contribution in [2.45, 2.75) is 45.1 Å². The Labute approximate surface area is 231 Å². The highest BCUT2D eigenvalue weighted by molar-refractivity contribution is 6.33. The van der Waals surface area contributed by atoms with Crippen LogP contribution in [0, 0.1) is 0 Å². The largest absolute Gasteiger partial charge is 0.507 e. The molecule has 0 spiro atoms. The smallest absolute Gasteiger partial charge is 0.342 e. The van der Waals surface area contributed by atoms with E-state index >= 15 is 0 Å². The van der Waals surface area contributed by atoms with Crippen LogP contribution in [-0.2, 0) is 31.8 Å². The highest BCUT2D eigenvalue weighted by Crippen LogP contribution is 2.43. The van der Waals surface area contributed by atoms with Crippen LogP contribution >= 0.6 is 11.6 Å². The van der Waals surface area contributed by atoms with Gasteiger partial charge < -0.3 is 49.5 Å². The lowest BCUT2D eigenvalue weighted by Crippen LogP contribution is -2.20. The number of methoxy groups -OCH3 is 3. The fourth-order valence-corrected chi connectivity index (χ4v) is 4.16. The molecule has 0 heterocycles. The van der Waals surface area contributed by atoms with Gasteiger partial charge in [0, 0.05) is 44.8 Å². The molecule has 0 aliphatic heterocycles. The van der Waals surface area contributed by atoms with Crippen molar-refractivity contribution >= 4 is 29.2 Å². The Bertz CT molecular complexity index is 1160. The van der Waals surface area contributed by atoms with E-state index in [0.29, 0.717) is 18.4 Å². The molecule has 2 rings (SSSR count). The number of nitrogen functional groups attached to an aromatic ring is 1. The lowest BCUT2D eigenvalue weighted by Gasteiger charge is -2.22. The van der Waals surface area contributed by atoms with Gasteiger partial charge in [-0.05, 0) is 31.7 Å². The predicted octanol–water partition coefficient (Wildman–Crippen LogP) is 3.89. The number of phenolic OH excluding ortho intramolecular Hbond substituents is 2. The Kier molecular flexibility index (Phi) is 12.2. The number of carboxylic acids is 1. The molecular formula is C26H34ClNO11. The van der Waals surface area contributed by atoms with Crippen LogP contribution in [0.4, 0.5) is 5.69 Å². The third kappa shape index (κ3) is 8.44. The number of halogens is 1. The predicted molar refractivity (Wildman–Crippen MR) is 141 cm³/mol. The Morgan fingerprint density at radius 2 is 1.64 bits per heavy atom. The monoisotopic (exact) mass is 571 g/mol. The lowest BCUT2D eigenvalue weighted by molar-refractivity contribution is -0.137. The number of carbonyl (C=O) groups is 2. The first-order chi connectivity index (χ1) is 18.5. The molecule has 0 amide bonds. The molecule has 1 atom stereocenters. The van der Waals surface area contributed by atoms with Crippen LogP contribution in [-0.4, -0.2) is 68.3 Å². The van der Waals surface area contributed by atoms with Crippen LogP contribution in [0.15, 0.2) is 12.1 Å². The van der Waals surface area contributed by atoms with E-state index in [1.54, 1.807) is 6.92 Å². The maximum absolute atomic E-state index is 13.2. The zero-order chi connectivity index (χ0) is 29.1. The number of carboxylic acid groups (broad SMARTS) is 1. The van der Waals surface area contributed by atoms with Crippen molar-refractivity contribution in [1.29, 1.82) is 0 Å². The molecule has 12 nitrogen and oxygen atoms in total. The van der Waals surface area contributed by atoms with E-state index in [4.69, 9.17) is 50.9 Å². The molecule has 5 N–H and O–H groups in total. The minimum Gasteiger partial charge on any atom is -0.507 e. The molecule has 13 heteroatoms. The van der Waals surface area contributed by atoms with Crippen molar-refractivity contribution in [2.24, 2.45) is 0 Å². The maximum Gasteiger partial charge on any atom is 0.342 e. The minimum absolute atomic E-state index is 0.0584. The van der Waals surface area contributed by atoms with Gasteiger partial charge in [-0.2, -0.15) is 0 Å². The topological polar surface area (TPSA) is 176 Å². The number of hydrogen-bond donors (Lipinski definition) is 4. The summed E-state index contributed by atoms with van der Waals surface area (Å²) in [6, 6.07) is 2.46. The third-order valence-corrected chi connectivity index (χ3v) is 5.99. The third-order valence-electron chi connectivity index (χ3n) is 5.57. The van der Waals surface area contributed by atoms with E-state index in [9.17, 15) is 19.8 Å². The Hall–Kier alpha value is -3.61. The number of nitrogens with two attached hydrogens (primary N) is 1. The first kappa shape index (κ1) is 31.6. The molecule has 0 aromatic heterocycles. The molecule has 1 unspecified atom stereocenters. The molecule has 39 heavy (non-hydrogen) atoms. The number of aromatic hydroxyl groups is 2. The van der Waals surface area contributed by atoms with E-state index in [-0.39, 0.29) is 71.9 Å². The van der Waals surface area contributed by atoms with Gasteiger partial charge in [-0.3, -0.25) is 4.79 Å². The summed E-state index contributed by atoms with van der Waals surface area (Å²) in [6.07, 6.45) is -0.0470. The van der Waals surface area contributed by atoms with E-state index in [0.717, 1.165) is 6.07 Å². The van der Waals surface area contributed by atoms with Crippen LogP contribution in [0.25, 0.3) is 0 Å². The second kappa shape index (κ2) is 15.1. The highest BCUT2D eigenvalue weighted by atomic mass is 35.5. The van der Waals surface area contributed by atoms with Gasteiger partial charge in [0.05, 0.1) is 17.8 Å². The fourth-order valence-electron chi connectivity index (χ4n) is 3.92. The number of ether oxygens (including phenoxy) is 6. The first-order valence-electron chi connectivity index (χ1n) is 11.9. The van der Waals surface area contributed by atoms with Crippen LogP contribution in [0.5, 0.6) is 28.7 Å². The number of rotatable bonds is 16. The number of aliphatic carboxylic acids is 1. The average molecular weight is 572 g/mol.